The molecule has 1 fully saturated rings. The maximum Gasteiger partial charge on any atom is 0.335 e. The fraction of sp³-hybridized carbons (Fsp3) is 0.929. The molecule has 3 nitrogen and oxygen atoms in total. The van der Waals surface area contributed by atoms with E-state index in [2.05, 4.69) is 27.7 Å². The molecule has 0 aromatic carbocycles. The van der Waals surface area contributed by atoms with Crippen molar-refractivity contribution in [2.75, 3.05) is 0 Å². The van der Waals surface area contributed by atoms with E-state index in [-0.39, 0.29) is 23.2 Å². The largest absolute Gasteiger partial charge is 0.479 e. The molecule has 1 saturated carbocycles. The van der Waals surface area contributed by atoms with Gasteiger partial charge in [-0.05, 0) is 42.4 Å². The van der Waals surface area contributed by atoms with E-state index in [1.165, 1.54) is 0 Å². The molecule has 0 amide bonds. The summed E-state index contributed by atoms with van der Waals surface area (Å²) in [5.74, 6) is -1.22. The first-order valence-corrected chi connectivity index (χ1v) is 6.48. The molecule has 1 atom stereocenters. The van der Waals surface area contributed by atoms with Gasteiger partial charge < -0.3 is 10.2 Å². The molecule has 2 N–H and O–H groups in total. The third-order valence-electron chi connectivity index (χ3n) is 4.14. The van der Waals surface area contributed by atoms with E-state index in [1.807, 2.05) is 0 Å². The molecular weight excluding hydrogens is 216 g/mol. The molecule has 0 bridgehead atoms. The van der Waals surface area contributed by atoms with Gasteiger partial charge in [-0.3, -0.25) is 0 Å². The Morgan fingerprint density at radius 2 is 1.65 bits per heavy atom. The lowest BCUT2D eigenvalue weighted by atomic mass is 9.57. The van der Waals surface area contributed by atoms with Crippen LogP contribution >= 0.6 is 0 Å². The molecule has 3 heteroatoms. The van der Waals surface area contributed by atoms with E-state index in [0.717, 1.165) is 19.3 Å². The van der Waals surface area contributed by atoms with E-state index in [0.29, 0.717) is 0 Å². The molecule has 1 aliphatic rings. The van der Waals surface area contributed by atoms with Crippen molar-refractivity contribution in [2.45, 2.75) is 65.9 Å². The Balaban J connectivity index is 3.01. The molecule has 100 valence electrons. The van der Waals surface area contributed by atoms with E-state index < -0.39 is 11.6 Å². The Hall–Kier alpha value is -0.570. The summed E-state index contributed by atoms with van der Waals surface area (Å²) in [6.07, 6.45) is 2.93. The van der Waals surface area contributed by atoms with E-state index in [9.17, 15) is 15.0 Å². The van der Waals surface area contributed by atoms with Crippen molar-refractivity contribution in [2.24, 2.45) is 16.7 Å². The minimum absolute atomic E-state index is 0.102. The summed E-state index contributed by atoms with van der Waals surface area (Å²) in [6, 6.07) is 0. The predicted octanol–water partition coefficient (Wildman–Crippen LogP) is 3.06. The van der Waals surface area contributed by atoms with Crippen LogP contribution in [-0.4, -0.2) is 21.8 Å². The number of carboxylic acid groups (broad SMARTS) is 1. The maximum absolute atomic E-state index is 11.3. The Labute approximate surface area is 104 Å². The molecular formula is C14H26O3. The number of carbonyl (C=O) groups is 1. The van der Waals surface area contributed by atoms with Gasteiger partial charge in [-0.25, -0.2) is 4.79 Å². The fourth-order valence-corrected chi connectivity index (χ4v) is 3.80. The zero-order chi connectivity index (χ0) is 13.5. The zero-order valence-electron chi connectivity index (χ0n) is 11.7. The molecule has 0 spiro atoms. The van der Waals surface area contributed by atoms with Crippen molar-refractivity contribution in [1.29, 1.82) is 0 Å². The Bertz CT molecular complexity index is 291. The Morgan fingerprint density at radius 1 is 1.24 bits per heavy atom. The molecule has 0 aromatic rings. The molecule has 1 aliphatic carbocycles. The van der Waals surface area contributed by atoms with Gasteiger partial charge in [0.15, 0.2) is 5.60 Å². The van der Waals surface area contributed by atoms with Crippen LogP contribution in [0.4, 0.5) is 0 Å². The second-order valence-electron chi connectivity index (χ2n) is 7.19. The first-order valence-electron chi connectivity index (χ1n) is 6.48. The molecule has 0 aromatic heterocycles. The van der Waals surface area contributed by atoms with E-state index in [4.69, 9.17) is 0 Å². The lowest BCUT2D eigenvalue weighted by molar-refractivity contribution is -0.171. The summed E-state index contributed by atoms with van der Waals surface area (Å²) in [6.45, 7) is 10.4. The van der Waals surface area contributed by atoms with Crippen molar-refractivity contribution in [3.8, 4) is 0 Å². The fourth-order valence-electron chi connectivity index (χ4n) is 3.80. The summed E-state index contributed by atoms with van der Waals surface area (Å²) in [7, 11) is 0. The molecule has 17 heavy (non-hydrogen) atoms. The second kappa shape index (κ2) is 4.27. The molecule has 1 rings (SSSR count). The van der Waals surface area contributed by atoms with Gasteiger partial charge in [0.1, 0.15) is 0 Å². The summed E-state index contributed by atoms with van der Waals surface area (Å²) in [4.78, 5) is 11.3. The highest BCUT2D eigenvalue weighted by Gasteiger charge is 2.50. The molecule has 0 aliphatic heterocycles. The lowest BCUT2D eigenvalue weighted by Gasteiger charge is -2.48. The highest BCUT2D eigenvalue weighted by molar-refractivity contribution is 5.77. The summed E-state index contributed by atoms with van der Waals surface area (Å²) < 4.78 is 0. The summed E-state index contributed by atoms with van der Waals surface area (Å²) in [5.41, 5.74) is -1.36. The van der Waals surface area contributed by atoms with Crippen molar-refractivity contribution < 1.29 is 15.0 Å². The van der Waals surface area contributed by atoms with Crippen molar-refractivity contribution in [3.63, 3.8) is 0 Å². The van der Waals surface area contributed by atoms with Crippen LogP contribution in [-0.2, 0) is 4.79 Å². The first kappa shape index (κ1) is 14.5. The van der Waals surface area contributed by atoms with Crippen molar-refractivity contribution in [1.82, 2.24) is 0 Å². The van der Waals surface area contributed by atoms with Crippen LogP contribution in [0.5, 0.6) is 0 Å². The standard InChI is InChI=1S/C14H26O3/c1-6-14(17,11(15)16)10-7-12(2,3)9-13(4,5)8-10/h10,17H,6-9H2,1-5H3,(H,15,16). The number of carboxylic acids is 1. The maximum atomic E-state index is 11.3. The number of rotatable bonds is 3. The highest BCUT2D eigenvalue weighted by atomic mass is 16.4. The van der Waals surface area contributed by atoms with Crippen LogP contribution in [0.2, 0.25) is 0 Å². The van der Waals surface area contributed by atoms with Crippen LogP contribution in [0, 0.1) is 16.7 Å². The van der Waals surface area contributed by atoms with Crippen LogP contribution in [0.3, 0.4) is 0 Å². The summed E-state index contributed by atoms with van der Waals surface area (Å²) >= 11 is 0. The number of aliphatic hydroxyl groups is 1. The summed E-state index contributed by atoms with van der Waals surface area (Å²) in [5, 5.41) is 19.7. The van der Waals surface area contributed by atoms with Crippen molar-refractivity contribution in [3.05, 3.63) is 0 Å². The zero-order valence-corrected chi connectivity index (χ0v) is 11.7. The minimum Gasteiger partial charge on any atom is -0.479 e. The third kappa shape index (κ3) is 3.01. The average molecular weight is 242 g/mol. The number of hydrogen-bond donors (Lipinski definition) is 2. The quantitative estimate of drug-likeness (QED) is 0.799. The van der Waals surface area contributed by atoms with E-state index >= 15 is 0 Å². The second-order valence-corrected chi connectivity index (χ2v) is 7.19. The molecule has 0 saturated heterocycles. The lowest BCUT2D eigenvalue weighted by Crippen LogP contribution is -2.51. The third-order valence-corrected chi connectivity index (χ3v) is 4.14. The molecule has 1 unspecified atom stereocenters. The van der Waals surface area contributed by atoms with Crippen LogP contribution < -0.4 is 0 Å². The van der Waals surface area contributed by atoms with Crippen molar-refractivity contribution >= 4 is 5.97 Å². The average Bonchev–Trinajstić information content (AvgIpc) is 2.11. The van der Waals surface area contributed by atoms with Gasteiger partial charge in [0.2, 0.25) is 0 Å². The topological polar surface area (TPSA) is 57.5 Å². The number of hydrogen-bond acceptors (Lipinski definition) is 2. The van der Waals surface area contributed by atoms with Gasteiger partial charge in [0.05, 0.1) is 0 Å². The minimum atomic E-state index is -1.56. The monoisotopic (exact) mass is 242 g/mol. The van der Waals surface area contributed by atoms with E-state index in [1.54, 1.807) is 6.92 Å². The predicted molar refractivity (Wildman–Crippen MR) is 67.8 cm³/mol. The van der Waals surface area contributed by atoms with Crippen LogP contribution in [0.25, 0.3) is 0 Å². The van der Waals surface area contributed by atoms with Gasteiger partial charge in [-0.2, -0.15) is 0 Å². The van der Waals surface area contributed by atoms with Gasteiger partial charge >= 0.3 is 5.97 Å². The smallest absolute Gasteiger partial charge is 0.335 e. The first-order chi connectivity index (χ1) is 7.52. The molecule has 0 heterocycles. The van der Waals surface area contributed by atoms with Crippen LogP contribution in [0.15, 0.2) is 0 Å². The Morgan fingerprint density at radius 3 is 1.94 bits per heavy atom. The SMILES string of the molecule is CCC(O)(C(=O)O)C1CC(C)(C)CC(C)(C)C1. The van der Waals surface area contributed by atoms with Crippen LogP contribution in [0.1, 0.15) is 60.3 Å². The van der Waals surface area contributed by atoms with Gasteiger partial charge in [-0.1, -0.05) is 34.6 Å². The van der Waals surface area contributed by atoms with Gasteiger partial charge in [-0.15, -0.1) is 0 Å². The van der Waals surface area contributed by atoms with Gasteiger partial charge in [0.25, 0.3) is 0 Å². The molecule has 0 radical (unpaired) electrons. The van der Waals surface area contributed by atoms with Gasteiger partial charge in [0, 0.05) is 0 Å². The number of aliphatic carboxylic acids is 1. The Kier molecular flexibility index (Phi) is 3.64. The normalized spacial score (nSPS) is 27.4. The highest BCUT2D eigenvalue weighted by Crippen LogP contribution is 2.51.